The summed E-state index contributed by atoms with van der Waals surface area (Å²) in [5.41, 5.74) is 0. The minimum atomic E-state index is -1.31. The van der Waals surface area contributed by atoms with E-state index in [1.165, 1.54) is 42.7 Å². The van der Waals surface area contributed by atoms with E-state index in [0.717, 1.165) is 0 Å². The number of halogens is 3. The Morgan fingerprint density at radius 1 is 0.478 bits per heavy atom. The molecule has 0 aliphatic carbocycles. The summed E-state index contributed by atoms with van der Waals surface area (Å²) in [5, 5.41) is 29.5. The Morgan fingerprint density at radius 2 is 0.565 bits per heavy atom. The van der Waals surface area contributed by atoms with Gasteiger partial charge in [-0.15, -0.1) is 12.4 Å². The van der Waals surface area contributed by atoms with Crippen molar-refractivity contribution in [2.45, 2.75) is 0 Å². The average Bonchev–Trinajstić information content (AvgIpc) is 2.45. The van der Waals surface area contributed by atoms with Gasteiger partial charge in [-0.2, -0.15) is 0 Å². The molecule has 0 aromatic heterocycles. The molecular formula is C6H19Al2B3Cl3O9+. The van der Waals surface area contributed by atoms with Crippen molar-refractivity contribution in [2.75, 3.05) is 42.7 Å². The van der Waals surface area contributed by atoms with Gasteiger partial charge in [-0.25, -0.2) is 0 Å². The third-order valence-electron chi connectivity index (χ3n) is 1.15. The molecule has 0 rings (SSSR count). The van der Waals surface area contributed by atoms with Crippen LogP contribution in [0.1, 0.15) is 0 Å². The van der Waals surface area contributed by atoms with Gasteiger partial charge >= 0.3 is 56.7 Å². The van der Waals surface area contributed by atoms with E-state index in [2.05, 4.69) is 27.9 Å². The Hall–Kier alpha value is 1.77. The standard InChI is InChI=1S/3C2H6BO3.2Al.3ClH/c3*1-5-3(4)6-2;;;;;/h3*1-2H3;;;3*1H/q3*-1;2*+3;;;/p-2. The molecule has 0 saturated heterocycles. The van der Waals surface area contributed by atoms with Crippen LogP contribution in [0.2, 0.25) is 0 Å². The first-order valence-electron chi connectivity index (χ1n) is 4.57. The van der Waals surface area contributed by atoms with Crippen molar-refractivity contribution in [1.29, 1.82) is 0 Å². The first kappa shape index (κ1) is 49.8. The number of hydrogen-bond acceptors (Lipinski definition) is 9. The topological polar surface area (TPSA) is 125 Å². The summed E-state index contributed by atoms with van der Waals surface area (Å²) in [5.74, 6) is 0. The second-order valence-electron chi connectivity index (χ2n) is 2.28. The Kier molecular flexibility index (Phi) is 94.8. The molecule has 0 saturated carbocycles. The SMILES string of the molecule is COB([O-])OC.COB([O-])OC.COB([O-])OC.Cl.[Al+3].[Al+3].[Cl-].[Cl-]. The number of hydrogen-bond donors (Lipinski definition) is 0. The summed E-state index contributed by atoms with van der Waals surface area (Å²) in [6.45, 7) is 0. The van der Waals surface area contributed by atoms with Gasteiger partial charge in [0, 0.05) is 42.7 Å². The van der Waals surface area contributed by atoms with E-state index in [4.69, 9.17) is 0 Å². The fraction of sp³-hybridized carbons (Fsp3) is 1.00. The Labute approximate surface area is 179 Å². The number of rotatable bonds is 6. The third-order valence-corrected chi connectivity index (χ3v) is 1.15. The molecule has 0 aromatic carbocycles. The molecule has 0 radical (unpaired) electrons. The van der Waals surface area contributed by atoms with E-state index in [1.807, 2.05) is 0 Å². The maximum absolute atomic E-state index is 9.82. The fourth-order valence-corrected chi connectivity index (χ4v) is 0.289. The van der Waals surface area contributed by atoms with Crippen LogP contribution in [0.4, 0.5) is 0 Å². The van der Waals surface area contributed by atoms with Crippen LogP contribution in [-0.2, 0) is 27.9 Å². The van der Waals surface area contributed by atoms with Crippen molar-refractivity contribution in [2.24, 2.45) is 0 Å². The van der Waals surface area contributed by atoms with Crippen molar-refractivity contribution in [3.8, 4) is 0 Å². The quantitative estimate of drug-likeness (QED) is 0.380. The molecule has 132 valence electrons. The zero-order valence-corrected chi connectivity index (χ0v) is 18.4. The summed E-state index contributed by atoms with van der Waals surface area (Å²) in [6.07, 6.45) is 0. The molecule has 17 heteroatoms. The molecular weight excluding hydrogens is 409 g/mol. The van der Waals surface area contributed by atoms with Crippen molar-refractivity contribution in [3.63, 3.8) is 0 Å². The van der Waals surface area contributed by atoms with Crippen LogP contribution in [-0.4, -0.2) is 99.3 Å². The van der Waals surface area contributed by atoms with Crippen LogP contribution in [0.25, 0.3) is 0 Å². The van der Waals surface area contributed by atoms with Crippen molar-refractivity contribution in [1.82, 2.24) is 0 Å². The molecule has 9 nitrogen and oxygen atoms in total. The van der Waals surface area contributed by atoms with Crippen LogP contribution in [0, 0.1) is 0 Å². The van der Waals surface area contributed by atoms with Gasteiger partial charge in [-0.3, -0.25) is 0 Å². The van der Waals surface area contributed by atoms with Crippen molar-refractivity contribution < 1.29 is 67.8 Å². The first-order chi connectivity index (χ1) is 8.42. The molecule has 0 bridgehead atoms. The van der Waals surface area contributed by atoms with Crippen molar-refractivity contribution in [3.05, 3.63) is 0 Å². The molecule has 0 unspecified atom stereocenters. The molecule has 0 heterocycles. The van der Waals surface area contributed by atoms with E-state index in [-0.39, 0.29) is 71.9 Å². The van der Waals surface area contributed by atoms with Gasteiger partial charge in [0.25, 0.3) is 0 Å². The predicted octanol–water partition coefficient (Wildman–Crippen LogP) is -10.5. The maximum atomic E-state index is 9.82. The Morgan fingerprint density at radius 3 is 0.565 bits per heavy atom. The second kappa shape index (κ2) is 43.8. The largest absolute Gasteiger partial charge is 3.00 e. The van der Waals surface area contributed by atoms with E-state index >= 15 is 0 Å². The smallest absolute Gasteiger partial charge is 1.00 e. The van der Waals surface area contributed by atoms with Gasteiger partial charge in [0.2, 0.25) is 0 Å². The first-order valence-corrected chi connectivity index (χ1v) is 4.57. The molecule has 0 atom stereocenters. The minimum absolute atomic E-state index is 0. The molecule has 0 amide bonds. The predicted molar refractivity (Wildman–Crippen MR) is 78.1 cm³/mol. The van der Waals surface area contributed by atoms with E-state index in [1.54, 1.807) is 0 Å². The van der Waals surface area contributed by atoms with E-state index < -0.39 is 22.0 Å². The summed E-state index contributed by atoms with van der Waals surface area (Å²) >= 11 is 0. The van der Waals surface area contributed by atoms with E-state index in [9.17, 15) is 15.1 Å². The van der Waals surface area contributed by atoms with Gasteiger partial charge in [-0.1, -0.05) is 0 Å². The van der Waals surface area contributed by atoms with Crippen molar-refractivity contribution >= 4 is 69.1 Å². The Balaban J connectivity index is -0.0000000221. The molecule has 0 aromatic rings. The summed E-state index contributed by atoms with van der Waals surface area (Å²) in [6, 6.07) is 0. The van der Waals surface area contributed by atoms with Crippen LogP contribution < -0.4 is 39.9 Å². The monoisotopic (exact) mass is 427 g/mol. The van der Waals surface area contributed by atoms with Crippen LogP contribution >= 0.6 is 12.4 Å². The van der Waals surface area contributed by atoms with Gasteiger partial charge in [0.1, 0.15) is 0 Å². The van der Waals surface area contributed by atoms with Crippen LogP contribution in [0.15, 0.2) is 0 Å². The summed E-state index contributed by atoms with van der Waals surface area (Å²) in [7, 11) is 3.81. The maximum Gasteiger partial charge on any atom is 3.00 e. The normalized spacial score (nSPS) is 6.65. The van der Waals surface area contributed by atoms with Gasteiger partial charge < -0.3 is 67.8 Å². The van der Waals surface area contributed by atoms with Gasteiger partial charge in [0.15, 0.2) is 0 Å². The summed E-state index contributed by atoms with van der Waals surface area (Å²) in [4.78, 5) is 0. The van der Waals surface area contributed by atoms with Crippen LogP contribution in [0.5, 0.6) is 0 Å². The zero-order chi connectivity index (χ0) is 15.0. The Bertz CT molecular complexity index is 130. The minimum Gasteiger partial charge on any atom is -1.00 e. The molecule has 0 spiro atoms. The average molecular weight is 428 g/mol. The molecule has 0 aliphatic rings. The molecule has 23 heavy (non-hydrogen) atoms. The molecule has 0 fully saturated rings. The molecule has 0 aliphatic heterocycles. The third kappa shape index (κ3) is 59.4. The van der Waals surface area contributed by atoms with E-state index in [0.29, 0.717) is 0 Å². The second-order valence-corrected chi connectivity index (χ2v) is 2.28. The fourth-order valence-electron chi connectivity index (χ4n) is 0.289. The van der Waals surface area contributed by atoms with Gasteiger partial charge in [0.05, 0.1) is 0 Å². The van der Waals surface area contributed by atoms with Crippen LogP contribution in [0.3, 0.4) is 0 Å². The summed E-state index contributed by atoms with van der Waals surface area (Å²) < 4.78 is 24.7. The molecule has 0 N–H and O–H groups in total. The van der Waals surface area contributed by atoms with Gasteiger partial charge in [-0.05, 0) is 0 Å². The zero-order valence-electron chi connectivity index (χ0n) is 13.7.